The zero-order valence-electron chi connectivity index (χ0n) is 19.4. The van der Waals surface area contributed by atoms with Gasteiger partial charge in [-0.3, -0.25) is 9.10 Å². The molecule has 3 aromatic rings. The van der Waals surface area contributed by atoms with E-state index in [2.05, 4.69) is 5.32 Å². The Morgan fingerprint density at radius 1 is 0.912 bits per heavy atom. The third-order valence-corrected chi connectivity index (χ3v) is 6.78. The fourth-order valence-corrected chi connectivity index (χ4v) is 4.71. The van der Waals surface area contributed by atoms with Crippen LogP contribution < -0.4 is 9.62 Å². The molecule has 0 saturated carbocycles. The molecule has 0 aliphatic heterocycles. The van der Waals surface area contributed by atoms with Crippen molar-refractivity contribution in [1.82, 2.24) is 5.32 Å². The number of rotatable bonds is 12. The zero-order valence-corrected chi connectivity index (χ0v) is 20.2. The number of carbonyl (C=O) groups excluding carboxylic acids is 2. The summed E-state index contributed by atoms with van der Waals surface area (Å²) in [6, 6.07) is 24.2. The summed E-state index contributed by atoms with van der Waals surface area (Å²) in [6.07, 6.45) is 3.41. The number of benzene rings is 3. The zero-order chi connectivity index (χ0) is 24.6. The van der Waals surface area contributed by atoms with Crippen molar-refractivity contribution in [2.75, 3.05) is 17.1 Å². The van der Waals surface area contributed by atoms with E-state index in [1.54, 1.807) is 19.1 Å². The third-order valence-electron chi connectivity index (χ3n) is 5.64. The van der Waals surface area contributed by atoms with E-state index in [4.69, 9.17) is 0 Å². The van der Waals surface area contributed by atoms with Crippen molar-refractivity contribution >= 4 is 28.3 Å². The molecule has 0 bridgehead atoms. The Balaban J connectivity index is 2.03. The molecule has 0 saturated heterocycles. The summed E-state index contributed by atoms with van der Waals surface area (Å²) < 4.78 is 26.8. The summed E-state index contributed by atoms with van der Waals surface area (Å²) >= 11 is 0. The fraction of sp³-hybridized carbons (Fsp3) is 0.259. The fourth-order valence-electron chi connectivity index (χ4n) is 3.84. The van der Waals surface area contributed by atoms with Crippen molar-refractivity contribution < 1.29 is 18.0 Å². The Morgan fingerprint density at radius 3 is 2.09 bits per heavy atom. The lowest BCUT2D eigenvalue weighted by atomic mass is 9.90. The lowest BCUT2D eigenvalue weighted by Gasteiger charge is -2.26. The minimum Gasteiger partial charge on any atom is -0.307 e. The van der Waals surface area contributed by atoms with Crippen LogP contribution in [-0.2, 0) is 27.8 Å². The van der Waals surface area contributed by atoms with Crippen molar-refractivity contribution in [3.05, 3.63) is 101 Å². The van der Waals surface area contributed by atoms with Crippen LogP contribution >= 0.6 is 0 Å². The lowest BCUT2D eigenvalue weighted by molar-refractivity contribution is -0.109. The number of nitrogens with zero attached hydrogens (tertiary/aromatic N) is 1. The smallest absolute Gasteiger partial charge is 0.232 e. The summed E-state index contributed by atoms with van der Waals surface area (Å²) in [4.78, 5) is 23.0. The van der Waals surface area contributed by atoms with E-state index in [0.717, 1.165) is 35.5 Å². The average Bonchev–Trinajstić information content (AvgIpc) is 2.85. The maximum Gasteiger partial charge on any atom is 0.232 e. The second-order valence-electron chi connectivity index (χ2n) is 8.45. The SMILES string of the molecule is C[C@@H](C=O)NCC(Cc1ccccc1)c1cc(C=O)cc(N(Cc2ccccc2)S(C)(=O)=O)c1. The van der Waals surface area contributed by atoms with Crippen LogP contribution in [0.4, 0.5) is 5.69 Å². The summed E-state index contributed by atoms with van der Waals surface area (Å²) in [5.74, 6) is -0.0819. The second-order valence-corrected chi connectivity index (χ2v) is 10.4. The van der Waals surface area contributed by atoms with Gasteiger partial charge in [-0.15, -0.1) is 0 Å². The van der Waals surface area contributed by atoms with Gasteiger partial charge in [0.2, 0.25) is 10.0 Å². The molecular formula is C27H30N2O4S. The van der Waals surface area contributed by atoms with Gasteiger partial charge in [-0.1, -0.05) is 60.7 Å². The van der Waals surface area contributed by atoms with Gasteiger partial charge in [-0.2, -0.15) is 0 Å². The molecule has 2 atom stereocenters. The van der Waals surface area contributed by atoms with E-state index in [-0.39, 0.29) is 18.5 Å². The molecule has 6 nitrogen and oxygen atoms in total. The van der Waals surface area contributed by atoms with Gasteiger partial charge in [0.05, 0.1) is 24.5 Å². The van der Waals surface area contributed by atoms with E-state index in [1.807, 2.05) is 66.7 Å². The van der Waals surface area contributed by atoms with Crippen LogP contribution in [0.5, 0.6) is 0 Å². The van der Waals surface area contributed by atoms with Crippen LogP contribution in [0.3, 0.4) is 0 Å². The summed E-state index contributed by atoms with van der Waals surface area (Å²) in [7, 11) is -3.62. The predicted octanol–water partition coefficient (Wildman–Crippen LogP) is 3.97. The molecule has 3 rings (SSSR count). The van der Waals surface area contributed by atoms with E-state index < -0.39 is 10.0 Å². The van der Waals surface area contributed by atoms with Crippen LogP contribution in [0.25, 0.3) is 0 Å². The molecular weight excluding hydrogens is 448 g/mol. The topological polar surface area (TPSA) is 83.6 Å². The van der Waals surface area contributed by atoms with Crippen LogP contribution in [0, 0.1) is 0 Å². The summed E-state index contributed by atoms with van der Waals surface area (Å²) in [6.45, 7) is 2.43. The first-order valence-corrected chi connectivity index (χ1v) is 13.0. The van der Waals surface area contributed by atoms with E-state index in [1.165, 1.54) is 4.31 Å². The van der Waals surface area contributed by atoms with Gasteiger partial charge in [0.25, 0.3) is 0 Å². The van der Waals surface area contributed by atoms with Gasteiger partial charge in [0, 0.05) is 18.0 Å². The Bertz CT molecular complexity index is 1200. The molecule has 1 unspecified atom stereocenters. The van der Waals surface area contributed by atoms with Crippen molar-refractivity contribution in [3.8, 4) is 0 Å². The molecule has 0 aromatic heterocycles. The highest BCUT2D eigenvalue weighted by atomic mass is 32.2. The molecule has 0 aliphatic rings. The maximum absolute atomic E-state index is 12.7. The Hall–Kier alpha value is -3.29. The van der Waals surface area contributed by atoms with Gasteiger partial charge >= 0.3 is 0 Å². The Labute approximate surface area is 201 Å². The Morgan fingerprint density at radius 2 is 1.53 bits per heavy atom. The molecule has 1 N–H and O–H groups in total. The van der Waals surface area contributed by atoms with E-state index in [9.17, 15) is 18.0 Å². The number of anilines is 1. The average molecular weight is 479 g/mol. The third kappa shape index (κ3) is 7.10. The number of hydrogen-bond donors (Lipinski definition) is 1. The molecule has 7 heteroatoms. The standard InChI is InChI=1S/C27H30N2O4S/c1-21(19-30)28-17-26(13-22-9-5-3-6-10-22)25-14-24(20-31)15-27(16-25)29(34(2,32)33)18-23-11-7-4-8-12-23/h3-12,14-16,19-21,26,28H,13,17-18H2,1-2H3/t21-,26?/m0/s1. The number of aldehydes is 2. The van der Waals surface area contributed by atoms with Crippen molar-refractivity contribution in [1.29, 1.82) is 0 Å². The first-order chi connectivity index (χ1) is 16.3. The largest absolute Gasteiger partial charge is 0.307 e. The molecule has 0 radical (unpaired) electrons. The predicted molar refractivity (Wildman–Crippen MR) is 136 cm³/mol. The van der Waals surface area contributed by atoms with Crippen LogP contribution in [0.1, 0.15) is 39.9 Å². The van der Waals surface area contributed by atoms with Crippen LogP contribution in [0.15, 0.2) is 78.9 Å². The first kappa shape index (κ1) is 25.3. The van der Waals surface area contributed by atoms with Gasteiger partial charge in [-0.25, -0.2) is 8.42 Å². The van der Waals surface area contributed by atoms with Gasteiger partial charge in [-0.05, 0) is 48.2 Å². The minimum atomic E-state index is -3.62. The van der Waals surface area contributed by atoms with Crippen molar-refractivity contribution in [2.45, 2.75) is 31.8 Å². The van der Waals surface area contributed by atoms with Gasteiger partial charge < -0.3 is 10.1 Å². The van der Waals surface area contributed by atoms with E-state index in [0.29, 0.717) is 24.2 Å². The molecule has 34 heavy (non-hydrogen) atoms. The molecule has 0 amide bonds. The van der Waals surface area contributed by atoms with Crippen molar-refractivity contribution in [2.24, 2.45) is 0 Å². The highest BCUT2D eigenvalue weighted by molar-refractivity contribution is 7.92. The number of hydrogen-bond acceptors (Lipinski definition) is 5. The normalized spacial score (nSPS) is 13.1. The monoisotopic (exact) mass is 478 g/mol. The van der Waals surface area contributed by atoms with Crippen LogP contribution in [-0.4, -0.2) is 39.8 Å². The highest BCUT2D eigenvalue weighted by Crippen LogP contribution is 2.29. The molecule has 0 heterocycles. The van der Waals surface area contributed by atoms with Gasteiger partial charge in [0.15, 0.2) is 0 Å². The summed E-state index contributed by atoms with van der Waals surface area (Å²) in [5, 5.41) is 3.22. The highest BCUT2D eigenvalue weighted by Gasteiger charge is 2.22. The first-order valence-electron chi connectivity index (χ1n) is 11.1. The maximum atomic E-state index is 12.7. The van der Waals surface area contributed by atoms with E-state index >= 15 is 0 Å². The quantitative estimate of drug-likeness (QED) is 0.398. The van der Waals surface area contributed by atoms with Crippen molar-refractivity contribution in [3.63, 3.8) is 0 Å². The Kier molecular flexibility index (Phi) is 8.73. The molecule has 0 fully saturated rings. The summed E-state index contributed by atoms with van der Waals surface area (Å²) in [5.41, 5.74) is 3.61. The molecule has 0 spiro atoms. The molecule has 3 aromatic carbocycles. The minimum absolute atomic E-state index is 0.0819. The number of carbonyl (C=O) groups is 2. The molecule has 0 aliphatic carbocycles. The van der Waals surface area contributed by atoms with Gasteiger partial charge in [0.1, 0.15) is 12.6 Å². The molecule has 178 valence electrons. The number of nitrogens with one attached hydrogen (secondary N) is 1. The number of sulfonamides is 1. The van der Waals surface area contributed by atoms with Crippen LogP contribution in [0.2, 0.25) is 0 Å². The second kappa shape index (κ2) is 11.7. The lowest BCUT2D eigenvalue weighted by Crippen LogP contribution is -2.32.